The minimum absolute atomic E-state index is 0.104. The largest absolute Gasteiger partial charge is 0.491 e. The molecule has 2 aliphatic heterocycles. The van der Waals surface area contributed by atoms with Crippen molar-refractivity contribution in [3.05, 3.63) is 23.8 Å². The molecule has 1 saturated carbocycles. The molecule has 0 bridgehead atoms. The number of hydrogen-bond donors (Lipinski definition) is 4. The van der Waals surface area contributed by atoms with E-state index < -0.39 is 11.0 Å². The molecule has 0 unspecified atom stereocenters. The van der Waals surface area contributed by atoms with Crippen LogP contribution in [0, 0.1) is 0 Å². The Kier molecular flexibility index (Phi) is 5.50. The van der Waals surface area contributed by atoms with Crippen molar-refractivity contribution in [2.75, 3.05) is 17.9 Å². The maximum atomic E-state index is 9.81. The Morgan fingerprint density at radius 3 is 2.74 bits per heavy atom. The molecule has 2 fully saturated rings. The average molecular weight is 395 g/mol. The summed E-state index contributed by atoms with van der Waals surface area (Å²) in [7, 11) is -3.27. The Labute approximate surface area is 162 Å². The van der Waals surface area contributed by atoms with Gasteiger partial charge in [0.05, 0.1) is 11.3 Å². The summed E-state index contributed by atoms with van der Waals surface area (Å²) in [5.74, 6) is 0.748. The highest BCUT2D eigenvalue weighted by molar-refractivity contribution is 8.24. The second-order valence-corrected chi connectivity index (χ2v) is 9.19. The number of piperidine rings is 1. The third-order valence-electron chi connectivity index (χ3n) is 5.90. The van der Waals surface area contributed by atoms with E-state index >= 15 is 0 Å². The Bertz CT molecular complexity index is 706. The van der Waals surface area contributed by atoms with Crippen LogP contribution in [0.2, 0.25) is 0 Å². The molecule has 1 saturated heterocycles. The molecule has 4 rings (SSSR count). The molecule has 150 valence electrons. The van der Waals surface area contributed by atoms with Gasteiger partial charge in [0, 0.05) is 12.1 Å². The quantitative estimate of drug-likeness (QED) is 0.616. The Morgan fingerprint density at radius 1 is 1.15 bits per heavy atom. The van der Waals surface area contributed by atoms with Crippen molar-refractivity contribution in [1.82, 2.24) is 4.90 Å². The van der Waals surface area contributed by atoms with Gasteiger partial charge in [0.25, 0.3) is 0 Å². The Balaban J connectivity index is 1.48. The zero-order valence-electron chi connectivity index (χ0n) is 15.6. The first-order valence-electron chi connectivity index (χ1n) is 9.97. The Hall–Kier alpha value is -1.48. The molecule has 5 N–H and O–H groups in total. The van der Waals surface area contributed by atoms with Crippen LogP contribution < -0.4 is 15.2 Å². The van der Waals surface area contributed by atoms with Gasteiger partial charge >= 0.3 is 0 Å². The van der Waals surface area contributed by atoms with Crippen LogP contribution in [-0.2, 0) is 0 Å². The predicted molar refractivity (Wildman–Crippen MR) is 110 cm³/mol. The lowest BCUT2D eigenvalue weighted by molar-refractivity contribution is 0.0446. The van der Waals surface area contributed by atoms with E-state index in [2.05, 4.69) is 14.0 Å². The van der Waals surface area contributed by atoms with Gasteiger partial charge < -0.3 is 10.5 Å². The molecule has 1 atom stereocenters. The number of nitrogens with one attached hydrogen (secondary N) is 1. The molecule has 1 aliphatic carbocycles. The maximum Gasteiger partial charge on any atom is 0.158 e. The number of likely N-dealkylation sites (tertiary alicyclic amines) is 1. The maximum absolute atomic E-state index is 9.81. The lowest BCUT2D eigenvalue weighted by atomic mass is 9.90. The second kappa shape index (κ2) is 7.87. The third-order valence-corrected chi connectivity index (χ3v) is 6.85. The van der Waals surface area contributed by atoms with E-state index in [1.165, 1.54) is 44.9 Å². The zero-order chi connectivity index (χ0) is 18.9. The van der Waals surface area contributed by atoms with E-state index in [4.69, 9.17) is 10.5 Å². The number of fused-ring (bicyclic) bond motifs is 1. The highest BCUT2D eigenvalue weighted by atomic mass is 32.3. The summed E-state index contributed by atoms with van der Waals surface area (Å²) < 4.78 is 32.3. The molecular formula is C19H30N4O3S. The highest BCUT2D eigenvalue weighted by Crippen LogP contribution is 2.46. The topological polar surface area (TPSA) is 103 Å². The third kappa shape index (κ3) is 4.18. The van der Waals surface area contributed by atoms with E-state index in [1.807, 2.05) is 12.1 Å². The fourth-order valence-corrected chi connectivity index (χ4v) is 5.51. The Morgan fingerprint density at radius 2 is 1.93 bits per heavy atom. The predicted octanol–water partition coefficient (Wildman–Crippen LogP) is 3.96. The summed E-state index contributed by atoms with van der Waals surface area (Å²) in [6.45, 7) is 1.79. The minimum atomic E-state index is -3.27. The summed E-state index contributed by atoms with van der Waals surface area (Å²) in [5.41, 5.74) is 7.16. The van der Waals surface area contributed by atoms with Crippen molar-refractivity contribution < 1.29 is 13.8 Å². The number of amidine groups is 1. The molecule has 3 aliphatic rings. The monoisotopic (exact) mass is 394 g/mol. The van der Waals surface area contributed by atoms with Crippen LogP contribution in [0.5, 0.6) is 5.75 Å². The average Bonchev–Trinajstić information content (AvgIpc) is 2.66. The van der Waals surface area contributed by atoms with Gasteiger partial charge in [0.15, 0.2) is 5.84 Å². The van der Waals surface area contributed by atoms with Crippen LogP contribution in [-0.4, -0.2) is 45.1 Å². The number of nitrogens with two attached hydrogens (primary N) is 1. The van der Waals surface area contributed by atoms with Crippen LogP contribution in [0.25, 0.3) is 0 Å². The molecule has 0 aromatic heterocycles. The number of ether oxygens (including phenoxy) is 1. The molecule has 2 heterocycles. The molecule has 0 amide bonds. The number of anilines is 1. The van der Waals surface area contributed by atoms with Crippen LogP contribution in [0.15, 0.2) is 22.6 Å². The summed E-state index contributed by atoms with van der Waals surface area (Å²) >= 11 is 0. The molecule has 0 spiro atoms. The van der Waals surface area contributed by atoms with Crippen molar-refractivity contribution in [3.63, 3.8) is 0 Å². The van der Waals surface area contributed by atoms with E-state index in [0.29, 0.717) is 35.7 Å². The first-order valence-corrected chi connectivity index (χ1v) is 11.5. The molecule has 7 nitrogen and oxygen atoms in total. The van der Waals surface area contributed by atoms with Crippen molar-refractivity contribution in [1.29, 1.82) is 0 Å². The van der Waals surface area contributed by atoms with Crippen LogP contribution in [0.1, 0.15) is 56.9 Å². The lowest BCUT2D eigenvalue weighted by Gasteiger charge is -2.42. The lowest BCUT2D eigenvalue weighted by Crippen LogP contribution is -2.49. The molecule has 8 heteroatoms. The fraction of sp³-hybridized carbons (Fsp3) is 0.632. The van der Waals surface area contributed by atoms with Gasteiger partial charge in [0.2, 0.25) is 0 Å². The first-order chi connectivity index (χ1) is 13.0. The minimum Gasteiger partial charge on any atom is -0.491 e. The molecule has 1 aromatic rings. The second-order valence-electron chi connectivity index (χ2n) is 7.77. The van der Waals surface area contributed by atoms with Gasteiger partial charge in [-0.2, -0.15) is 0 Å². The van der Waals surface area contributed by atoms with E-state index in [9.17, 15) is 9.11 Å². The molecule has 0 radical (unpaired) electrons. The van der Waals surface area contributed by atoms with Gasteiger partial charge in [-0.15, -0.1) is 4.40 Å². The summed E-state index contributed by atoms with van der Waals surface area (Å²) in [6, 6.07) is 6.57. The van der Waals surface area contributed by atoms with E-state index in [-0.39, 0.29) is 5.84 Å². The van der Waals surface area contributed by atoms with Gasteiger partial charge in [-0.1, -0.05) is 31.7 Å². The molecule has 27 heavy (non-hydrogen) atoms. The van der Waals surface area contributed by atoms with Crippen molar-refractivity contribution >= 4 is 22.5 Å². The molecule has 1 aromatic carbocycles. The van der Waals surface area contributed by atoms with Crippen LogP contribution in [0.3, 0.4) is 0 Å². The normalized spacial score (nSPS) is 27.2. The van der Waals surface area contributed by atoms with Gasteiger partial charge in [-0.05, 0) is 55.3 Å². The number of hydrogen-bond acceptors (Lipinski definition) is 7. The first kappa shape index (κ1) is 18.9. The van der Waals surface area contributed by atoms with Crippen molar-refractivity contribution in [2.45, 2.75) is 63.5 Å². The number of benzene rings is 1. The standard InChI is InChI=1S/C19H30N4O3S/c20-19-18-16(21-27(24,25)22-19)10-6-11-17(18)26-13-15-9-4-5-12-23(15)14-7-2-1-3-8-14/h6,10-11,14-15,21,24-25H,1-5,7-9,12-13H2,(H2,20,22)/t15-/m1/s1. The van der Waals surface area contributed by atoms with E-state index in [1.54, 1.807) is 6.07 Å². The zero-order valence-corrected chi connectivity index (χ0v) is 16.5. The fourth-order valence-electron chi connectivity index (χ4n) is 4.63. The SMILES string of the molecule is NC1=NS(O)(O)Nc2cccc(OC[C@H]3CCCCN3C3CCCCC3)c21. The summed E-state index contributed by atoms with van der Waals surface area (Å²) in [6.07, 6.45) is 10.3. The van der Waals surface area contributed by atoms with Gasteiger partial charge in [0.1, 0.15) is 12.4 Å². The molecular weight excluding hydrogens is 364 g/mol. The van der Waals surface area contributed by atoms with Crippen molar-refractivity contribution in [2.24, 2.45) is 10.1 Å². The summed E-state index contributed by atoms with van der Waals surface area (Å²) in [4.78, 5) is 2.67. The summed E-state index contributed by atoms with van der Waals surface area (Å²) in [5, 5.41) is 0. The smallest absolute Gasteiger partial charge is 0.158 e. The highest BCUT2D eigenvalue weighted by Gasteiger charge is 2.31. The van der Waals surface area contributed by atoms with Crippen LogP contribution in [0.4, 0.5) is 5.69 Å². The van der Waals surface area contributed by atoms with Crippen molar-refractivity contribution in [3.8, 4) is 5.75 Å². The number of nitrogens with zero attached hydrogens (tertiary/aromatic N) is 2. The van der Waals surface area contributed by atoms with Crippen LogP contribution >= 0.6 is 11.0 Å². The number of rotatable bonds is 4. The van der Waals surface area contributed by atoms with E-state index in [0.717, 1.165) is 13.0 Å². The van der Waals surface area contributed by atoms with Gasteiger partial charge in [-0.3, -0.25) is 18.7 Å². The van der Waals surface area contributed by atoms with Gasteiger partial charge in [-0.25, -0.2) is 0 Å².